The van der Waals surface area contributed by atoms with Crippen LogP contribution in [0.1, 0.15) is 49.7 Å². The molecule has 0 saturated heterocycles. The summed E-state index contributed by atoms with van der Waals surface area (Å²) in [6.45, 7) is 0. The second-order valence-corrected chi connectivity index (χ2v) is 3.89. The highest BCUT2D eigenvalue weighted by Crippen LogP contribution is 2.30. The van der Waals surface area contributed by atoms with E-state index in [4.69, 9.17) is 11.6 Å². The van der Waals surface area contributed by atoms with Gasteiger partial charge in [0.15, 0.2) is 0 Å². The zero-order valence-corrected chi connectivity index (χ0v) is 8.35. The van der Waals surface area contributed by atoms with E-state index in [1.807, 2.05) is 0 Å². The Hall–Kier alpha value is -0.570. The minimum absolute atomic E-state index is 0.430. The first-order valence-electron chi connectivity index (χ1n) is 4.87. The number of halogens is 1. The Bertz CT molecular complexity index is 266. The Morgan fingerprint density at radius 3 is 2.62 bits per heavy atom. The molecule has 1 N–H and O–H groups in total. The van der Waals surface area contributed by atoms with Gasteiger partial charge in [0.2, 0.25) is 0 Å². The second-order valence-electron chi connectivity index (χ2n) is 3.63. The lowest BCUT2D eigenvalue weighted by Gasteiger charge is -2.18. The van der Waals surface area contributed by atoms with Crippen molar-refractivity contribution < 1.29 is 0 Å². The summed E-state index contributed by atoms with van der Waals surface area (Å²) in [6.07, 6.45) is 6.50. The van der Waals surface area contributed by atoms with Crippen LogP contribution in [0.25, 0.3) is 0 Å². The van der Waals surface area contributed by atoms with Crippen LogP contribution in [0.15, 0.2) is 0 Å². The van der Waals surface area contributed by atoms with Crippen molar-refractivity contribution in [3.8, 4) is 0 Å². The third-order valence-electron chi connectivity index (χ3n) is 2.67. The number of hydrogen-bond acceptors (Lipinski definition) is 2. The van der Waals surface area contributed by atoms with Crippen molar-refractivity contribution in [1.29, 1.82) is 0 Å². The van der Waals surface area contributed by atoms with E-state index in [1.54, 1.807) is 0 Å². The van der Waals surface area contributed by atoms with Crippen LogP contribution < -0.4 is 0 Å². The van der Waals surface area contributed by atoms with Crippen molar-refractivity contribution in [3.63, 3.8) is 0 Å². The summed E-state index contributed by atoms with van der Waals surface area (Å²) in [5.41, 5.74) is 0. The Kier molecular flexibility index (Phi) is 2.83. The fourth-order valence-corrected chi connectivity index (χ4v) is 2.05. The molecule has 0 aliphatic heterocycles. The van der Waals surface area contributed by atoms with Crippen LogP contribution in [0.4, 0.5) is 0 Å². The molecule has 13 heavy (non-hydrogen) atoms. The summed E-state index contributed by atoms with van der Waals surface area (Å²) < 4.78 is 0. The summed E-state index contributed by atoms with van der Waals surface area (Å²) in [5.74, 6) is 2.86. The van der Waals surface area contributed by atoms with Gasteiger partial charge in [0, 0.05) is 5.92 Å². The molecule has 0 radical (unpaired) electrons. The molecule has 0 aromatic carbocycles. The third kappa shape index (κ3) is 2.02. The lowest BCUT2D eigenvalue weighted by Crippen LogP contribution is -2.06. The van der Waals surface area contributed by atoms with Gasteiger partial charge in [0.25, 0.3) is 0 Å². The molecule has 2 rings (SSSR count). The van der Waals surface area contributed by atoms with Crippen molar-refractivity contribution in [2.75, 3.05) is 0 Å². The van der Waals surface area contributed by atoms with Gasteiger partial charge < -0.3 is 4.98 Å². The first kappa shape index (κ1) is 9.00. The summed E-state index contributed by atoms with van der Waals surface area (Å²) in [6, 6.07) is 0. The largest absolute Gasteiger partial charge is 0.328 e. The van der Waals surface area contributed by atoms with Crippen molar-refractivity contribution in [3.05, 3.63) is 11.6 Å². The van der Waals surface area contributed by atoms with Crippen LogP contribution in [-0.2, 0) is 5.88 Å². The van der Waals surface area contributed by atoms with Gasteiger partial charge in [-0.05, 0) is 12.8 Å². The monoisotopic (exact) mass is 199 g/mol. The molecule has 0 atom stereocenters. The molecule has 1 fully saturated rings. The average Bonchev–Trinajstić information content (AvgIpc) is 2.67. The molecule has 1 saturated carbocycles. The van der Waals surface area contributed by atoms with E-state index in [1.165, 1.54) is 32.1 Å². The Morgan fingerprint density at radius 2 is 2.00 bits per heavy atom. The average molecular weight is 200 g/mol. The van der Waals surface area contributed by atoms with Gasteiger partial charge in [0.1, 0.15) is 11.6 Å². The Balaban J connectivity index is 2.05. The molecule has 0 spiro atoms. The van der Waals surface area contributed by atoms with Crippen molar-refractivity contribution in [1.82, 2.24) is 15.2 Å². The molecule has 3 nitrogen and oxygen atoms in total. The highest BCUT2D eigenvalue weighted by molar-refractivity contribution is 6.16. The van der Waals surface area contributed by atoms with E-state index >= 15 is 0 Å². The van der Waals surface area contributed by atoms with E-state index in [0.717, 1.165) is 11.6 Å². The van der Waals surface area contributed by atoms with E-state index < -0.39 is 0 Å². The number of nitrogens with one attached hydrogen (secondary N) is 1. The molecule has 0 bridgehead atoms. The van der Waals surface area contributed by atoms with E-state index in [2.05, 4.69) is 15.2 Å². The quantitative estimate of drug-likeness (QED) is 0.744. The lowest BCUT2D eigenvalue weighted by atomic mass is 9.89. The number of H-pyrrole nitrogens is 1. The standard InChI is InChI=1S/C9H14ClN3/c10-6-8-11-9(13-12-8)7-4-2-1-3-5-7/h7H,1-6H2,(H,11,12,13). The van der Waals surface area contributed by atoms with Crippen molar-refractivity contribution in [2.45, 2.75) is 43.9 Å². The topological polar surface area (TPSA) is 41.6 Å². The van der Waals surface area contributed by atoms with Gasteiger partial charge in [-0.2, -0.15) is 0 Å². The minimum Gasteiger partial charge on any atom is -0.328 e. The minimum atomic E-state index is 0.430. The molecule has 0 unspecified atom stereocenters. The molecule has 1 aliphatic carbocycles. The number of alkyl halides is 1. The van der Waals surface area contributed by atoms with E-state index in [9.17, 15) is 0 Å². The van der Waals surface area contributed by atoms with Crippen LogP contribution in [0.3, 0.4) is 0 Å². The van der Waals surface area contributed by atoms with E-state index in [0.29, 0.717) is 11.8 Å². The number of aromatic amines is 1. The summed E-state index contributed by atoms with van der Waals surface area (Å²) in [7, 11) is 0. The van der Waals surface area contributed by atoms with Crippen LogP contribution in [0.2, 0.25) is 0 Å². The number of rotatable bonds is 2. The van der Waals surface area contributed by atoms with Crippen molar-refractivity contribution in [2.24, 2.45) is 0 Å². The number of nitrogens with zero attached hydrogens (tertiary/aromatic N) is 2. The normalized spacial score (nSPS) is 19.2. The van der Waals surface area contributed by atoms with Gasteiger partial charge in [0.05, 0.1) is 5.88 Å². The molecule has 0 amide bonds. The fraction of sp³-hybridized carbons (Fsp3) is 0.778. The molecular weight excluding hydrogens is 186 g/mol. The maximum atomic E-state index is 5.65. The maximum absolute atomic E-state index is 5.65. The third-order valence-corrected chi connectivity index (χ3v) is 2.92. The summed E-state index contributed by atoms with van der Waals surface area (Å²) in [4.78, 5) is 3.18. The molecule has 72 valence electrons. The zero-order chi connectivity index (χ0) is 9.10. The molecular formula is C9H14ClN3. The van der Waals surface area contributed by atoms with Gasteiger partial charge in [-0.15, -0.1) is 21.8 Å². The Labute approximate surface area is 82.9 Å². The molecule has 1 aromatic heterocycles. The Morgan fingerprint density at radius 1 is 1.23 bits per heavy atom. The second kappa shape index (κ2) is 4.09. The predicted octanol–water partition coefficient (Wildman–Crippen LogP) is 2.59. The number of hydrogen-bond donors (Lipinski definition) is 1. The maximum Gasteiger partial charge on any atom is 0.145 e. The zero-order valence-electron chi connectivity index (χ0n) is 7.59. The van der Waals surface area contributed by atoms with Crippen LogP contribution >= 0.6 is 11.6 Å². The van der Waals surface area contributed by atoms with E-state index in [-0.39, 0.29) is 0 Å². The molecule has 4 heteroatoms. The molecule has 1 aliphatic rings. The van der Waals surface area contributed by atoms with Gasteiger partial charge in [-0.3, -0.25) is 0 Å². The number of aromatic nitrogens is 3. The molecule has 1 heterocycles. The first-order valence-corrected chi connectivity index (χ1v) is 5.41. The highest BCUT2D eigenvalue weighted by Gasteiger charge is 2.18. The fourth-order valence-electron chi connectivity index (χ4n) is 1.93. The van der Waals surface area contributed by atoms with Crippen LogP contribution in [0, 0.1) is 0 Å². The van der Waals surface area contributed by atoms with Gasteiger partial charge in [-0.1, -0.05) is 19.3 Å². The van der Waals surface area contributed by atoms with Gasteiger partial charge >= 0.3 is 0 Å². The van der Waals surface area contributed by atoms with Crippen LogP contribution in [0.5, 0.6) is 0 Å². The summed E-state index contributed by atoms with van der Waals surface area (Å²) >= 11 is 5.65. The molecule has 1 aromatic rings. The summed E-state index contributed by atoms with van der Waals surface area (Å²) in [5, 5.41) is 8.09. The predicted molar refractivity (Wildman–Crippen MR) is 51.8 cm³/mol. The lowest BCUT2D eigenvalue weighted by molar-refractivity contribution is 0.429. The van der Waals surface area contributed by atoms with Crippen molar-refractivity contribution >= 4 is 11.6 Å². The smallest absolute Gasteiger partial charge is 0.145 e. The SMILES string of the molecule is ClCc1nnc(C2CCCCC2)[nH]1. The van der Waals surface area contributed by atoms with Crippen LogP contribution in [-0.4, -0.2) is 15.2 Å². The van der Waals surface area contributed by atoms with Gasteiger partial charge in [-0.25, -0.2) is 0 Å². The first-order chi connectivity index (χ1) is 6.40. The highest BCUT2D eigenvalue weighted by atomic mass is 35.5.